The van der Waals surface area contributed by atoms with E-state index in [4.69, 9.17) is 0 Å². The molecule has 1 saturated carbocycles. The number of nitrogens with one attached hydrogen (secondary N) is 2. The van der Waals surface area contributed by atoms with Crippen molar-refractivity contribution in [1.29, 1.82) is 0 Å². The highest BCUT2D eigenvalue weighted by Gasteiger charge is 2.28. The number of hydrogen-bond donors (Lipinski definition) is 2. The average molecular weight is 226 g/mol. The van der Waals surface area contributed by atoms with Gasteiger partial charge < -0.3 is 10.6 Å². The van der Waals surface area contributed by atoms with Crippen LogP contribution in [-0.2, 0) is 4.79 Å². The number of carbonyl (C=O) groups excluding carboxylic acids is 1. The Bertz CT molecular complexity index is 232. The minimum Gasteiger partial charge on any atom is -0.352 e. The van der Waals surface area contributed by atoms with E-state index in [1.54, 1.807) is 0 Å². The molecule has 0 spiro atoms. The number of hydrogen-bond acceptors (Lipinski definition) is 2. The Morgan fingerprint density at radius 1 is 1.25 bits per heavy atom. The van der Waals surface area contributed by atoms with E-state index >= 15 is 0 Å². The second-order valence-electron chi connectivity index (χ2n) is 5.54. The van der Waals surface area contributed by atoms with E-state index in [2.05, 4.69) is 17.6 Å². The molecule has 0 bridgehead atoms. The van der Waals surface area contributed by atoms with Crippen LogP contribution >= 0.6 is 0 Å². The fourth-order valence-corrected chi connectivity index (χ4v) is 2.25. The van der Waals surface area contributed by atoms with Gasteiger partial charge in [-0.25, -0.2) is 0 Å². The van der Waals surface area contributed by atoms with E-state index in [-0.39, 0.29) is 5.91 Å². The zero-order valence-electron chi connectivity index (χ0n) is 11.1. The van der Waals surface area contributed by atoms with Gasteiger partial charge in [-0.05, 0) is 46.6 Å². The van der Waals surface area contributed by atoms with Crippen LogP contribution in [0.3, 0.4) is 0 Å². The van der Waals surface area contributed by atoms with Crippen LogP contribution in [-0.4, -0.2) is 24.5 Å². The zero-order chi connectivity index (χ0) is 12.2. The van der Waals surface area contributed by atoms with Crippen LogP contribution in [0.5, 0.6) is 0 Å². The summed E-state index contributed by atoms with van der Waals surface area (Å²) in [5, 5.41) is 6.18. The van der Waals surface area contributed by atoms with Gasteiger partial charge in [-0.3, -0.25) is 4.79 Å². The van der Waals surface area contributed by atoms with E-state index < -0.39 is 5.54 Å². The highest BCUT2D eigenvalue weighted by atomic mass is 16.2. The first kappa shape index (κ1) is 13.5. The van der Waals surface area contributed by atoms with Crippen molar-refractivity contribution in [2.24, 2.45) is 5.92 Å². The monoisotopic (exact) mass is 226 g/mol. The first-order valence-corrected chi connectivity index (χ1v) is 6.47. The van der Waals surface area contributed by atoms with Crippen molar-refractivity contribution in [2.45, 2.75) is 64.5 Å². The highest BCUT2D eigenvalue weighted by Crippen LogP contribution is 2.26. The molecule has 0 aromatic rings. The lowest BCUT2D eigenvalue weighted by Gasteiger charge is -2.31. The lowest BCUT2D eigenvalue weighted by molar-refractivity contribution is -0.127. The third-order valence-corrected chi connectivity index (χ3v) is 3.91. The molecule has 1 fully saturated rings. The van der Waals surface area contributed by atoms with E-state index in [1.807, 2.05) is 20.9 Å². The molecule has 1 rings (SSSR count). The third-order valence-electron chi connectivity index (χ3n) is 3.91. The van der Waals surface area contributed by atoms with Gasteiger partial charge in [0, 0.05) is 6.04 Å². The van der Waals surface area contributed by atoms with Gasteiger partial charge in [0.05, 0.1) is 5.54 Å². The lowest BCUT2D eigenvalue weighted by atomic mass is 9.84. The first-order valence-electron chi connectivity index (χ1n) is 6.47. The Morgan fingerprint density at radius 3 is 2.31 bits per heavy atom. The summed E-state index contributed by atoms with van der Waals surface area (Å²) in [5.41, 5.74) is -0.469. The van der Waals surface area contributed by atoms with Crippen LogP contribution in [0.25, 0.3) is 0 Å². The first-order chi connectivity index (χ1) is 7.47. The SMILES string of the molecule is CNC(C)(C)C(=O)NC(C)C1CCCCC1. The van der Waals surface area contributed by atoms with E-state index in [1.165, 1.54) is 32.1 Å². The van der Waals surface area contributed by atoms with Crippen LogP contribution in [0.15, 0.2) is 0 Å². The minimum absolute atomic E-state index is 0.105. The van der Waals surface area contributed by atoms with Gasteiger partial charge in [0.2, 0.25) is 5.91 Å². The summed E-state index contributed by atoms with van der Waals surface area (Å²) in [4.78, 5) is 12.0. The van der Waals surface area contributed by atoms with Crippen molar-refractivity contribution in [2.75, 3.05) is 7.05 Å². The summed E-state index contributed by atoms with van der Waals surface area (Å²) in [5.74, 6) is 0.776. The van der Waals surface area contributed by atoms with Gasteiger partial charge in [0.15, 0.2) is 0 Å². The van der Waals surface area contributed by atoms with E-state index in [9.17, 15) is 4.79 Å². The summed E-state index contributed by atoms with van der Waals surface area (Å²) in [6, 6.07) is 0.306. The molecule has 0 aliphatic heterocycles. The Labute approximate surface area is 99.4 Å². The summed E-state index contributed by atoms with van der Waals surface area (Å²) in [6.07, 6.45) is 6.53. The molecule has 1 atom stereocenters. The molecule has 3 heteroatoms. The highest BCUT2D eigenvalue weighted by molar-refractivity contribution is 5.85. The maximum Gasteiger partial charge on any atom is 0.239 e. The largest absolute Gasteiger partial charge is 0.352 e. The maximum atomic E-state index is 12.0. The normalized spacial score (nSPS) is 20.5. The van der Waals surface area contributed by atoms with Crippen LogP contribution < -0.4 is 10.6 Å². The fourth-order valence-electron chi connectivity index (χ4n) is 2.25. The van der Waals surface area contributed by atoms with Gasteiger partial charge in [-0.2, -0.15) is 0 Å². The molecule has 2 N–H and O–H groups in total. The summed E-state index contributed by atoms with van der Waals surface area (Å²) >= 11 is 0. The maximum absolute atomic E-state index is 12.0. The van der Waals surface area contributed by atoms with Crippen LogP contribution in [0.2, 0.25) is 0 Å². The molecular formula is C13H26N2O. The number of carbonyl (C=O) groups is 1. The molecule has 3 nitrogen and oxygen atoms in total. The van der Waals surface area contributed by atoms with Crippen molar-refractivity contribution >= 4 is 5.91 Å². The summed E-state index contributed by atoms with van der Waals surface area (Å²) < 4.78 is 0. The minimum atomic E-state index is -0.469. The van der Waals surface area contributed by atoms with Crippen molar-refractivity contribution in [3.05, 3.63) is 0 Å². The van der Waals surface area contributed by atoms with Crippen LogP contribution in [0.4, 0.5) is 0 Å². The quantitative estimate of drug-likeness (QED) is 0.770. The molecule has 16 heavy (non-hydrogen) atoms. The number of likely N-dealkylation sites (N-methyl/N-ethyl adjacent to an activating group) is 1. The van der Waals surface area contributed by atoms with E-state index in [0.29, 0.717) is 12.0 Å². The Kier molecular flexibility index (Phi) is 4.78. The molecular weight excluding hydrogens is 200 g/mol. The van der Waals surface area contributed by atoms with Gasteiger partial charge >= 0.3 is 0 Å². The molecule has 0 radical (unpaired) electrons. The van der Waals surface area contributed by atoms with Crippen molar-refractivity contribution in [3.8, 4) is 0 Å². The van der Waals surface area contributed by atoms with E-state index in [0.717, 1.165) is 0 Å². The number of rotatable bonds is 4. The predicted octanol–water partition coefficient (Wildman–Crippen LogP) is 2.07. The Balaban J connectivity index is 2.43. The molecule has 0 aromatic carbocycles. The fraction of sp³-hybridized carbons (Fsp3) is 0.923. The molecule has 94 valence electrons. The second-order valence-corrected chi connectivity index (χ2v) is 5.54. The van der Waals surface area contributed by atoms with Crippen molar-refractivity contribution in [1.82, 2.24) is 10.6 Å². The standard InChI is InChI=1S/C13H26N2O/c1-10(11-8-6-5-7-9-11)15-12(16)13(2,3)14-4/h10-11,14H,5-9H2,1-4H3,(H,15,16). The Morgan fingerprint density at radius 2 is 1.81 bits per heavy atom. The van der Waals surface area contributed by atoms with Gasteiger partial charge in [-0.1, -0.05) is 19.3 Å². The second kappa shape index (κ2) is 5.67. The predicted molar refractivity (Wildman–Crippen MR) is 67.3 cm³/mol. The molecule has 1 aliphatic carbocycles. The molecule has 0 heterocycles. The van der Waals surface area contributed by atoms with Crippen LogP contribution in [0, 0.1) is 5.92 Å². The molecule has 1 amide bonds. The topological polar surface area (TPSA) is 41.1 Å². The van der Waals surface area contributed by atoms with Gasteiger partial charge in [0.25, 0.3) is 0 Å². The average Bonchev–Trinajstić information content (AvgIpc) is 2.30. The molecule has 1 unspecified atom stereocenters. The third kappa shape index (κ3) is 3.48. The Hall–Kier alpha value is -0.570. The van der Waals surface area contributed by atoms with Crippen LogP contribution in [0.1, 0.15) is 52.9 Å². The lowest BCUT2D eigenvalue weighted by Crippen LogP contribution is -2.54. The van der Waals surface area contributed by atoms with Crippen molar-refractivity contribution in [3.63, 3.8) is 0 Å². The summed E-state index contributed by atoms with van der Waals surface area (Å²) in [6.45, 7) is 5.96. The zero-order valence-corrected chi connectivity index (χ0v) is 11.1. The summed E-state index contributed by atoms with van der Waals surface area (Å²) in [7, 11) is 1.82. The molecule has 0 saturated heterocycles. The van der Waals surface area contributed by atoms with Gasteiger partial charge in [-0.15, -0.1) is 0 Å². The number of amides is 1. The molecule has 1 aliphatic rings. The smallest absolute Gasteiger partial charge is 0.239 e. The van der Waals surface area contributed by atoms with Gasteiger partial charge in [0.1, 0.15) is 0 Å². The molecule has 0 aromatic heterocycles. The van der Waals surface area contributed by atoms with Crippen molar-refractivity contribution < 1.29 is 4.79 Å².